The Hall–Kier alpha value is 0.0700. The van der Waals surface area contributed by atoms with E-state index in [4.69, 9.17) is 4.55 Å². The molecule has 1 rings (SSSR count). The van der Waals surface area contributed by atoms with Crippen LogP contribution in [-0.4, -0.2) is 15.3 Å². The molecule has 1 aliphatic rings. The summed E-state index contributed by atoms with van der Waals surface area (Å²) in [6.45, 7) is 0.674. The van der Waals surface area contributed by atoms with E-state index >= 15 is 0 Å². The Morgan fingerprint density at radius 1 is 1.60 bits per heavy atom. The monoisotopic (exact) mass is 163 g/mol. The first-order valence-corrected chi connectivity index (χ1v) is 4.74. The molecule has 1 atom stereocenters. The molecule has 1 fully saturated rings. The molecule has 3 nitrogen and oxygen atoms in total. The highest BCUT2D eigenvalue weighted by Gasteiger charge is 2.16. The van der Waals surface area contributed by atoms with E-state index < -0.39 is 11.3 Å². The van der Waals surface area contributed by atoms with Crippen LogP contribution in [0.5, 0.6) is 0 Å². The van der Waals surface area contributed by atoms with E-state index in [0.29, 0.717) is 6.54 Å². The molecule has 0 saturated heterocycles. The van der Waals surface area contributed by atoms with Gasteiger partial charge in [0.1, 0.15) is 0 Å². The van der Waals surface area contributed by atoms with Gasteiger partial charge in [0.15, 0.2) is 0 Å². The van der Waals surface area contributed by atoms with E-state index in [2.05, 4.69) is 4.72 Å². The van der Waals surface area contributed by atoms with Crippen LogP contribution in [0.1, 0.15) is 25.7 Å². The number of hydrogen-bond donors (Lipinski definition) is 2. The molecule has 60 valence electrons. The van der Waals surface area contributed by atoms with Crippen LogP contribution in [0.3, 0.4) is 0 Å². The van der Waals surface area contributed by atoms with E-state index in [9.17, 15) is 4.21 Å². The van der Waals surface area contributed by atoms with Crippen LogP contribution in [0.2, 0.25) is 0 Å². The van der Waals surface area contributed by atoms with E-state index in [1.54, 1.807) is 0 Å². The summed E-state index contributed by atoms with van der Waals surface area (Å²) in [5, 5.41) is 0. The minimum absolute atomic E-state index is 0.674. The number of hydrogen-bond acceptors (Lipinski definition) is 1. The maximum absolute atomic E-state index is 10.1. The van der Waals surface area contributed by atoms with Crippen LogP contribution in [-0.2, 0) is 11.3 Å². The molecule has 0 spiro atoms. The van der Waals surface area contributed by atoms with Crippen molar-refractivity contribution in [3.63, 3.8) is 0 Å². The molecule has 0 heterocycles. The first-order chi connectivity index (χ1) is 4.79. The van der Waals surface area contributed by atoms with Crippen LogP contribution in [0.25, 0.3) is 0 Å². The largest absolute Gasteiger partial charge is 0.294 e. The fraction of sp³-hybridized carbons (Fsp3) is 1.00. The molecule has 0 aromatic rings. The van der Waals surface area contributed by atoms with Crippen molar-refractivity contribution in [3.05, 3.63) is 0 Å². The van der Waals surface area contributed by atoms with Crippen LogP contribution in [0.15, 0.2) is 0 Å². The Balaban J connectivity index is 1.89. The minimum Gasteiger partial charge on any atom is -0.294 e. The molecule has 10 heavy (non-hydrogen) atoms. The predicted molar refractivity (Wildman–Crippen MR) is 40.7 cm³/mol. The van der Waals surface area contributed by atoms with Crippen molar-refractivity contribution in [1.29, 1.82) is 0 Å². The highest BCUT2D eigenvalue weighted by atomic mass is 32.2. The summed E-state index contributed by atoms with van der Waals surface area (Å²) in [5.74, 6) is 0.816. The Morgan fingerprint density at radius 2 is 2.30 bits per heavy atom. The molecule has 2 N–H and O–H groups in total. The highest BCUT2D eigenvalue weighted by Crippen LogP contribution is 2.28. The molecule has 0 aromatic heterocycles. The van der Waals surface area contributed by atoms with Gasteiger partial charge in [-0.2, -0.15) is 0 Å². The van der Waals surface area contributed by atoms with Gasteiger partial charge in [-0.1, -0.05) is 19.3 Å². The minimum atomic E-state index is -1.81. The standard InChI is InChI=1S/C6H13NO2S/c8-10(9)7-5-4-6-2-1-3-6/h6-7H,1-5H2,(H,8,9). The highest BCUT2D eigenvalue weighted by molar-refractivity contribution is 7.77. The maximum Gasteiger partial charge on any atom is 0.231 e. The third-order valence-corrected chi connectivity index (χ3v) is 2.45. The van der Waals surface area contributed by atoms with Crippen molar-refractivity contribution in [2.24, 2.45) is 5.92 Å². The molecular weight excluding hydrogens is 150 g/mol. The first-order valence-electron chi connectivity index (χ1n) is 3.63. The lowest BCUT2D eigenvalue weighted by Gasteiger charge is -2.24. The van der Waals surface area contributed by atoms with Crippen molar-refractivity contribution in [2.45, 2.75) is 25.7 Å². The average Bonchev–Trinajstić information content (AvgIpc) is 1.75. The summed E-state index contributed by atoms with van der Waals surface area (Å²) in [6.07, 6.45) is 5.00. The molecule has 1 aliphatic carbocycles. The zero-order valence-electron chi connectivity index (χ0n) is 5.88. The lowest BCUT2D eigenvalue weighted by molar-refractivity contribution is 0.297. The van der Waals surface area contributed by atoms with E-state index in [-0.39, 0.29) is 0 Å². The SMILES string of the molecule is O=S(O)NCCC1CCC1. The molecule has 0 bridgehead atoms. The van der Waals surface area contributed by atoms with Gasteiger partial charge >= 0.3 is 0 Å². The second-order valence-corrected chi connectivity index (χ2v) is 3.52. The lowest BCUT2D eigenvalue weighted by Crippen LogP contribution is -2.22. The van der Waals surface area contributed by atoms with Crippen LogP contribution in [0.4, 0.5) is 0 Å². The first kappa shape index (κ1) is 8.17. The van der Waals surface area contributed by atoms with Gasteiger partial charge in [-0.25, -0.2) is 8.93 Å². The van der Waals surface area contributed by atoms with E-state index in [1.807, 2.05) is 0 Å². The maximum atomic E-state index is 10.1. The van der Waals surface area contributed by atoms with Crippen LogP contribution < -0.4 is 4.72 Å². The topological polar surface area (TPSA) is 49.3 Å². The quantitative estimate of drug-likeness (QED) is 0.605. The summed E-state index contributed by atoms with van der Waals surface area (Å²) >= 11 is -1.81. The van der Waals surface area contributed by atoms with Crippen LogP contribution >= 0.6 is 0 Å². The molecule has 0 amide bonds. The van der Waals surface area contributed by atoms with Gasteiger partial charge in [0.25, 0.3) is 0 Å². The molecule has 0 aliphatic heterocycles. The number of nitrogens with one attached hydrogen (secondary N) is 1. The third-order valence-electron chi connectivity index (χ3n) is 2.00. The van der Waals surface area contributed by atoms with E-state index in [1.165, 1.54) is 19.3 Å². The van der Waals surface area contributed by atoms with Gasteiger partial charge in [0.2, 0.25) is 11.3 Å². The number of rotatable bonds is 4. The molecule has 1 saturated carbocycles. The normalized spacial score (nSPS) is 22.1. The Morgan fingerprint density at radius 3 is 2.70 bits per heavy atom. The third kappa shape index (κ3) is 2.77. The molecule has 0 aromatic carbocycles. The summed E-state index contributed by atoms with van der Waals surface area (Å²) in [5.41, 5.74) is 0. The van der Waals surface area contributed by atoms with Crippen molar-refractivity contribution in [1.82, 2.24) is 4.72 Å². The Bertz CT molecular complexity index is 125. The molecule has 0 radical (unpaired) electrons. The lowest BCUT2D eigenvalue weighted by atomic mass is 9.83. The van der Waals surface area contributed by atoms with Crippen molar-refractivity contribution >= 4 is 11.3 Å². The van der Waals surface area contributed by atoms with Crippen LogP contribution in [0, 0.1) is 5.92 Å². The van der Waals surface area contributed by atoms with Gasteiger partial charge in [-0.05, 0) is 12.3 Å². The van der Waals surface area contributed by atoms with E-state index in [0.717, 1.165) is 12.3 Å². The fourth-order valence-corrected chi connectivity index (χ4v) is 1.42. The summed E-state index contributed by atoms with van der Waals surface area (Å²) in [7, 11) is 0. The Kier molecular flexibility index (Phi) is 3.31. The zero-order valence-corrected chi connectivity index (χ0v) is 6.69. The summed E-state index contributed by atoms with van der Waals surface area (Å²) < 4.78 is 20.9. The van der Waals surface area contributed by atoms with Gasteiger partial charge < -0.3 is 0 Å². The zero-order chi connectivity index (χ0) is 7.40. The molecule has 1 unspecified atom stereocenters. The summed E-state index contributed by atoms with van der Waals surface area (Å²) in [6, 6.07) is 0. The van der Waals surface area contributed by atoms with Gasteiger partial charge in [-0.3, -0.25) is 4.55 Å². The molecule has 4 heteroatoms. The van der Waals surface area contributed by atoms with Crippen molar-refractivity contribution < 1.29 is 8.76 Å². The predicted octanol–water partition coefficient (Wildman–Crippen LogP) is 0.903. The second kappa shape index (κ2) is 4.05. The van der Waals surface area contributed by atoms with Gasteiger partial charge in [-0.15, -0.1) is 0 Å². The summed E-state index contributed by atoms with van der Waals surface area (Å²) in [4.78, 5) is 0. The van der Waals surface area contributed by atoms with Crippen molar-refractivity contribution in [3.8, 4) is 0 Å². The second-order valence-electron chi connectivity index (χ2n) is 2.73. The fourth-order valence-electron chi connectivity index (χ4n) is 1.13. The molecular formula is C6H13NO2S. The Labute approximate surface area is 63.6 Å². The average molecular weight is 163 g/mol. The van der Waals surface area contributed by atoms with Crippen molar-refractivity contribution in [2.75, 3.05) is 6.54 Å². The van der Waals surface area contributed by atoms with Gasteiger partial charge in [0, 0.05) is 6.54 Å². The van der Waals surface area contributed by atoms with Gasteiger partial charge in [0.05, 0.1) is 0 Å². The smallest absolute Gasteiger partial charge is 0.231 e.